The third-order valence-electron chi connectivity index (χ3n) is 3.23. The van der Waals surface area contributed by atoms with Gasteiger partial charge in [-0.3, -0.25) is 4.79 Å². The van der Waals surface area contributed by atoms with Crippen molar-refractivity contribution in [2.75, 3.05) is 18.4 Å². The van der Waals surface area contributed by atoms with Gasteiger partial charge in [-0.25, -0.2) is 4.39 Å². The summed E-state index contributed by atoms with van der Waals surface area (Å²) in [6.45, 7) is 3.12. The number of nitrogens with one attached hydrogen (secondary N) is 1. The van der Waals surface area contributed by atoms with E-state index in [9.17, 15) is 9.18 Å². The van der Waals surface area contributed by atoms with E-state index in [-0.39, 0.29) is 11.7 Å². The first kappa shape index (κ1) is 13.3. The predicted octanol–water partition coefficient (Wildman–Crippen LogP) is 3.01. The molecule has 0 unspecified atom stereocenters. The number of rotatable bonds is 2. The van der Waals surface area contributed by atoms with Crippen LogP contribution in [0.4, 0.5) is 10.1 Å². The highest BCUT2D eigenvalue weighted by Gasteiger charge is 2.20. The van der Waals surface area contributed by atoms with Crippen LogP contribution in [0.5, 0.6) is 0 Å². The van der Waals surface area contributed by atoms with Crippen LogP contribution in [0.1, 0.15) is 19.8 Å². The van der Waals surface area contributed by atoms with Gasteiger partial charge in [0.25, 0.3) is 0 Å². The van der Waals surface area contributed by atoms with Crippen molar-refractivity contribution in [1.29, 1.82) is 0 Å². The van der Waals surface area contributed by atoms with Crippen LogP contribution in [0, 0.1) is 5.82 Å². The lowest BCUT2D eigenvalue weighted by atomic mass is 10.0. The van der Waals surface area contributed by atoms with Gasteiger partial charge in [0.1, 0.15) is 5.82 Å². The first-order valence-corrected chi connectivity index (χ1v) is 6.82. The average molecular weight is 315 g/mol. The lowest BCUT2D eigenvalue weighted by Gasteiger charge is -2.32. The van der Waals surface area contributed by atoms with Crippen molar-refractivity contribution < 1.29 is 9.18 Å². The van der Waals surface area contributed by atoms with Gasteiger partial charge in [0.2, 0.25) is 5.91 Å². The molecule has 2 rings (SSSR count). The first-order valence-electron chi connectivity index (χ1n) is 6.03. The predicted molar refractivity (Wildman–Crippen MR) is 73.0 cm³/mol. The highest BCUT2D eigenvalue weighted by Crippen LogP contribution is 2.25. The van der Waals surface area contributed by atoms with E-state index in [0.717, 1.165) is 36.1 Å². The molecule has 0 bridgehead atoms. The summed E-state index contributed by atoms with van der Waals surface area (Å²) in [6.07, 6.45) is 1.78. The Morgan fingerprint density at radius 2 is 2.11 bits per heavy atom. The maximum atomic E-state index is 13.2. The van der Waals surface area contributed by atoms with Gasteiger partial charge < -0.3 is 10.2 Å². The number of amides is 1. The molecular formula is C13H16BrFN2O. The molecule has 1 N–H and O–H groups in total. The second kappa shape index (κ2) is 5.69. The molecule has 0 radical (unpaired) electrons. The van der Waals surface area contributed by atoms with Crippen molar-refractivity contribution in [3.8, 4) is 0 Å². The largest absolute Gasteiger partial charge is 0.381 e. The summed E-state index contributed by atoms with van der Waals surface area (Å²) in [5.74, 6) is -0.123. The molecule has 3 nitrogen and oxygen atoms in total. The molecule has 0 aliphatic carbocycles. The van der Waals surface area contributed by atoms with Crippen molar-refractivity contribution in [3.05, 3.63) is 28.5 Å². The number of carbonyl (C=O) groups is 1. The molecular weight excluding hydrogens is 299 g/mol. The third-order valence-corrected chi connectivity index (χ3v) is 3.92. The molecule has 1 amide bonds. The highest BCUT2D eigenvalue weighted by molar-refractivity contribution is 9.10. The lowest BCUT2D eigenvalue weighted by Crippen LogP contribution is -2.41. The zero-order valence-corrected chi connectivity index (χ0v) is 11.8. The van der Waals surface area contributed by atoms with Crippen LogP contribution in [0.15, 0.2) is 22.7 Å². The summed E-state index contributed by atoms with van der Waals surface area (Å²) in [5.41, 5.74) is 0.774. The molecule has 0 spiro atoms. The average Bonchev–Trinajstić information content (AvgIpc) is 2.34. The number of piperidine rings is 1. The van der Waals surface area contributed by atoms with E-state index in [0.29, 0.717) is 6.04 Å². The van der Waals surface area contributed by atoms with Crippen LogP contribution in [0.25, 0.3) is 0 Å². The van der Waals surface area contributed by atoms with Crippen molar-refractivity contribution in [2.24, 2.45) is 0 Å². The van der Waals surface area contributed by atoms with Crippen molar-refractivity contribution >= 4 is 27.5 Å². The Hall–Kier alpha value is -1.10. The molecule has 0 saturated carbocycles. The molecule has 1 saturated heterocycles. The maximum absolute atomic E-state index is 13.2. The minimum Gasteiger partial charge on any atom is -0.381 e. The Balaban J connectivity index is 1.95. The summed E-state index contributed by atoms with van der Waals surface area (Å²) < 4.78 is 14.0. The van der Waals surface area contributed by atoms with Crippen LogP contribution in [0.2, 0.25) is 0 Å². The Bertz CT molecular complexity index is 445. The molecule has 98 valence electrons. The van der Waals surface area contributed by atoms with E-state index in [4.69, 9.17) is 0 Å². The minimum atomic E-state index is -0.248. The topological polar surface area (TPSA) is 32.3 Å². The van der Waals surface area contributed by atoms with E-state index >= 15 is 0 Å². The van der Waals surface area contributed by atoms with Crippen molar-refractivity contribution in [3.63, 3.8) is 0 Å². The van der Waals surface area contributed by atoms with Gasteiger partial charge in [-0.2, -0.15) is 0 Å². The molecule has 1 aromatic rings. The molecule has 1 aliphatic heterocycles. The summed E-state index contributed by atoms with van der Waals surface area (Å²) >= 11 is 3.40. The van der Waals surface area contributed by atoms with Gasteiger partial charge in [-0.05, 0) is 47.0 Å². The van der Waals surface area contributed by atoms with E-state index in [2.05, 4.69) is 21.2 Å². The first-order chi connectivity index (χ1) is 8.56. The molecule has 5 heteroatoms. The smallest absolute Gasteiger partial charge is 0.219 e. The monoisotopic (exact) mass is 314 g/mol. The fraction of sp³-hybridized carbons (Fsp3) is 0.462. The van der Waals surface area contributed by atoms with Crippen molar-refractivity contribution in [1.82, 2.24) is 4.90 Å². The van der Waals surface area contributed by atoms with Gasteiger partial charge in [0.05, 0.1) is 5.69 Å². The number of benzene rings is 1. The zero-order valence-electron chi connectivity index (χ0n) is 10.2. The number of halogens is 2. The third kappa shape index (κ3) is 3.22. The van der Waals surface area contributed by atoms with Crippen LogP contribution in [-0.4, -0.2) is 29.9 Å². The quantitative estimate of drug-likeness (QED) is 0.910. The number of likely N-dealkylation sites (tertiary alicyclic amines) is 1. The fourth-order valence-electron chi connectivity index (χ4n) is 2.17. The van der Waals surface area contributed by atoms with Gasteiger partial charge in [-0.15, -0.1) is 0 Å². The summed E-state index contributed by atoms with van der Waals surface area (Å²) in [5, 5.41) is 3.32. The van der Waals surface area contributed by atoms with E-state index in [1.807, 2.05) is 4.90 Å². The molecule has 1 aromatic carbocycles. The van der Waals surface area contributed by atoms with Gasteiger partial charge >= 0.3 is 0 Å². The van der Waals surface area contributed by atoms with Crippen LogP contribution >= 0.6 is 15.9 Å². The van der Waals surface area contributed by atoms with E-state index < -0.39 is 0 Å². The Morgan fingerprint density at radius 3 is 2.72 bits per heavy atom. The van der Waals surface area contributed by atoms with Gasteiger partial charge in [0.15, 0.2) is 0 Å². The Morgan fingerprint density at radius 1 is 1.44 bits per heavy atom. The van der Waals surface area contributed by atoms with Crippen LogP contribution < -0.4 is 5.32 Å². The zero-order chi connectivity index (χ0) is 13.1. The Kier molecular flexibility index (Phi) is 4.22. The van der Waals surface area contributed by atoms with Crippen molar-refractivity contribution in [2.45, 2.75) is 25.8 Å². The van der Waals surface area contributed by atoms with E-state index in [1.165, 1.54) is 12.1 Å². The normalized spacial score (nSPS) is 16.7. The number of hydrogen-bond acceptors (Lipinski definition) is 2. The SMILES string of the molecule is CC(=O)N1CCC(Nc2cc(F)ccc2Br)CC1. The molecule has 0 atom stereocenters. The lowest BCUT2D eigenvalue weighted by molar-refractivity contribution is -0.129. The molecule has 1 heterocycles. The minimum absolute atomic E-state index is 0.125. The molecule has 0 aromatic heterocycles. The summed E-state index contributed by atoms with van der Waals surface area (Å²) in [7, 11) is 0. The fourth-order valence-corrected chi connectivity index (χ4v) is 2.53. The second-order valence-electron chi connectivity index (χ2n) is 4.55. The maximum Gasteiger partial charge on any atom is 0.219 e. The van der Waals surface area contributed by atoms with Crippen LogP contribution in [0.3, 0.4) is 0 Å². The molecule has 1 aliphatic rings. The number of hydrogen-bond donors (Lipinski definition) is 1. The number of nitrogens with zero attached hydrogens (tertiary/aromatic N) is 1. The van der Waals surface area contributed by atoms with E-state index in [1.54, 1.807) is 13.0 Å². The molecule has 1 fully saturated rings. The van der Waals surface area contributed by atoms with Crippen LogP contribution in [-0.2, 0) is 4.79 Å². The Labute approximate surface area is 114 Å². The number of carbonyl (C=O) groups excluding carboxylic acids is 1. The highest BCUT2D eigenvalue weighted by atomic mass is 79.9. The van der Waals surface area contributed by atoms with Gasteiger partial charge in [-0.1, -0.05) is 0 Å². The standard InChI is InChI=1S/C13H16BrFN2O/c1-9(18)17-6-4-11(5-7-17)16-13-8-10(15)2-3-12(13)14/h2-3,8,11,16H,4-7H2,1H3. The van der Waals surface area contributed by atoms with Gasteiger partial charge in [0, 0.05) is 30.5 Å². The molecule has 18 heavy (non-hydrogen) atoms. The second-order valence-corrected chi connectivity index (χ2v) is 5.40. The summed E-state index contributed by atoms with van der Waals surface area (Å²) in [4.78, 5) is 13.1. The summed E-state index contributed by atoms with van der Waals surface area (Å²) in [6, 6.07) is 4.90. The number of anilines is 1.